The number of sulfone groups is 1. The van der Waals surface area contributed by atoms with Gasteiger partial charge in [0.25, 0.3) is 0 Å². The van der Waals surface area contributed by atoms with E-state index in [0.717, 1.165) is 17.7 Å². The summed E-state index contributed by atoms with van der Waals surface area (Å²) in [5, 5.41) is 3.02. The van der Waals surface area contributed by atoms with Crippen molar-refractivity contribution < 1.29 is 8.42 Å². The van der Waals surface area contributed by atoms with Crippen molar-refractivity contribution in [1.29, 1.82) is 0 Å². The predicted octanol–water partition coefficient (Wildman–Crippen LogP) is 1.69. The molecule has 90 valence electrons. The molecule has 0 unspecified atom stereocenters. The number of rotatable bonds is 5. The van der Waals surface area contributed by atoms with Crippen LogP contribution >= 0.6 is 0 Å². The average Bonchev–Trinajstić information content (AvgIpc) is 2.22. The zero-order valence-corrected chi connectivity index (χ0v) is 10.9. The lowest BCUT2D eigenvalue weighted by atomic mass is 10.1. The molecule has 0 aliphatic carbocycles. The monoisotopic (exact) mass is 241 g/mol. The van der Waals surface area contributed by atoms with Crippen LogP contribution < -0.4 is 5.32 Å². The largest absolute Gasteiger partial charge is 0.316 e. The molecule has 16 heavy (non-hydrogen) atoms. The van der Waals surface area contributed by atoms with Gasteiger partial charge in [-0.3, -0.25) is 0 Å². The van der Waals surface area contributed by atoms with E-state index in [1.807, 2.05) is 26.8 Å². The van der Waals surface area contributed by atoms with Crippen LogP contribution in [0.15, 0.2) is 23.1 Å². The summed E-state index contributed by atoms with van der Waals surface area (Å²) in [6, 6.07) is 5.29. The SMILES string of the molecule is CCNCCS(=O)(=O)c1ccc(C)c(C)c1. The molecule has 1 aromatic carbocycles. The fraction of sp³-hybridized carbons (Fsp3) is 0.500. The molecule has 0 amide bonds. The minimum Gasteiger partial charge on any atom is -0.316 e. The fourth-order valence-electron chi connectivity index (χ4n) is 1.41. The molecule has 0 aromatic heterocycles. The third kappa shape index (κ3) is 3.32. The lowest BCUT2D eigenvalue weighted by Crippen LogP contribution is -2.22. The van der Waals surface area contributed by atoms with Crippen LogP contribution in [-0.4, -0.2) is 27.3 Å². The van der Waals surface area contributed by atoms with Crippen molar-refractivity contribution in [2.45, 2.75) is 25.7 Å². The first kappa shape index (κ1) is 13.2. The van der Waals surface area contributed by atoms with Crippen molar-refractivity contribution in [1.82, 2.24) is 5.32 Å². The van der Waals surface area contributed by atoms with Gasteiger partial charge in [-0.2, -0.15) is 0 Å². The second-order valence-electron chi connectivity index (χ2n) is 3.92. The molecule has 3 nitrogen and oxygen atoms in total. The van der Waals surface area contributed by atoms with E-state index in [4.69, 9.17) is 0 Å². The topological polar surface area (TPSA) is 46.2 Å². The molecule has 1 aromatic rings. The average molecular weight is 241 g/mol. The Morgan fingerprint density at radius 2 is 1.88 bits per heavy atom. The summed E-state index contributed by atoms with van der Waals surface area (Å²) in [4.78, 5) is 0.425. The number of hydrogen-bond donors (Lipinski definition) is 1. The highest BCUT2D eigenvalue weighted by Crippen LogP contribution is 2.15. The van der Waals surface area contributed by atoms with Crippen LogP contribution in [0.3, 0.4) is 0 Å². The molecular weight excluding hydrogens is 222 g/mol. The molecule has 1 N–H and O–H groups in total. The van der Waals surface area contributed by atoms with E-state index in [1.165, 1.54) is 0 Å². The minimum absolute atomic E-state index is 0.156. The van der Waals surface area contributed by atoms with E-state index in [-0.39, 0.29) is 5.75 Å². The molecule has 0 fully saturated rings. The first-order valence-electron chi connectivity index (χ1n) is 5.48. The molecule has 0 saturated carbocycles. The molecule has 0 aliphatic rings. The molecule has 0 radical (unpaired) electrons. The Labute approximate surface area is 97.8 Å². The van der Waals surface area contributed by atoms with Gasteiger partial charge in [-0.25, -0.2) is 8.42 Å². The van der Waals surface area contributed by atoms with Gasteiger partial charge in [0.15, 0.2) is 9.84 Å². The van der Waals surface area contributed by atoms with Crippen molar-refractivity contribution in [2.75, 3.05) is 18.8 Å². The van der Waals surface area contributed by atoms with Crippen LogP contribution in [0, 0.1) is 13.8 Å². The molecule has 0 heterocycles. The van der Waals surface area contributed by atoms with Crippen molar-refractivity contribution in [3.8, 4) is 0 Å². The number of hydrogen-bond acceptors (Lipinski definition) is 3. The maximum Gasteiger partial charge on any atom is 0.179 e. The summed E-state index contributed by atoms with van der Waals surface area (Å²) in [7, 11) is -3.13. The first-order chi connectivity index (χ1) is 7.47. The van der Waals surface area contributed by atoms with Crippen LogP contribution in [0.1, 0.15) is 18.1 Å². The normalized spacial score (nSPS) is 11.7. The highest BCUT2D eigenvalue weighted by Gasteiger charge is 2.14. The molecule has 1 rings (SSSR count). The van der Waals surface area contributed by atoms with Crippen LogP contribution in [0.4, 0.5) is 0 Å². The van der Waals surface area contributed by atoms with Gasteiger partial charge in [-0.15, -0.1) is 0 Å². The summed E-state index contributed by atoms with van der Waals surface area (Å²) in [5.41, 5.74) is 2.13. The van der Waals surface area contributed by atoms with Crippen molar-refractivity contribution in [3.05, 3.63) is 29.3 Å². The Hall–Kier alpha value is -0.870. The van der Waals surface area contributed by atoms with Crippen LogP contribution in [-0.2, 0) is 9.84 Å². The zero-order valence-electron chi connectivity index (χ0n) is 10.1. The third-order valence-corrected chi connectivity index (χ3v) is 4.35. The van der Waals surface area contributed by atoms with Gasteiger partial charge in [0, 0.05) is 6.54 Å². The molecule has 0 atom stereocenters. The lowest BCUT2D eigenvalue weighted by molar-refractivity contribution is 0.592. The van der Waals surface area contributed by atoms with E-state index >= 15 is 0 Å². The molecule has 0 saturated heterocycles. The van der Waals surface area contributed by atoms with E-state index in [9.17, 15) is 8.42 Å². The molecule has 4 heteroatoms. The van der Waals surface area contributed by atoms with Gasteiger partial charge < -0.3 is 5.32 Å². The molecular formula is C12H19NO2S. The summed E-state index contributed by atoms with van der Waals surface area (Å²) in [6.07, 6.45) is 0. The Bertz CT molecular complexity index is 452. The van der Waals surface area contributed by atoms with Crippen LogP contribution in [0.5, 0.6) is 0 Å². The van der Waals surface area contributed by atoms with Gasteiger partial charge in [0.05, 0.1) is 10.6 Å². The third-order valence-electron chi connectivity index (χ3n) is 2.64. The highest BCUT2D eigenvalue weighted by molar-refractivity contribution is 7.91. The van der Waals surface area contributed by atoms with E-state index in [0.29, 0.717) is 11.4 Å². The fourth-order valence-corrected chi connectivity index (χ4v) is 2.69. The first-order valence-corrected chi connectivity index (χ1v) is 7.13. The Morgan fingerprint density at radius 3 is 2.44 bits per heavy atom. The molecule has 0 aliphatic heterocycles. The molecule has 0 bridgehead atoms. The van der Waals surface area contributed by atoms with Gasteiger partial charge >= 0.3 is 0 Å². The number of aryl methyl sites for hydroxylation is 2. The summed E-state index contributed by atoms with van der Waals surface area (Å²) in [6.45, 7) is 7.17. The number of benzene rings is 1. The van der Waals surface area contributed by atoms with Crippen molar-refractivity contribution >= 4 is 9.84 Å². The Kier molecular flexibility index (Phi) is 4.50. The molecule has 0 spiro atoms. The summed E-state index contributed by atoms with van der Waals surface area (Å²) in [5.74, 6) is 0.156. The van der Waals surface area contributed by atoms with E-state index in [1.54, 1.807) is 12.1 Å². The Morgan fingerprint density at radius 1 is 1.19 bits per heavy atom. The van der Waals surface area contributed by atoms with Gasteiger partial charge in [-0.1, -0.05) is 13.0 Å². The smallest absolute Gasteiger partial charge is 0.179 e. The quantitative estimate of drug-likeness (QED) is 0.798. The van der Waals surface area contributed by atoms with Gasteiger partial charge in [0.1, 0.15) is 0 Å². The Balaban J connectivity index is 2.86. The summed E-state index contributed by atoms with van der Waals surface area (Å²) < 4.78 is 23.9. The van der Waals surface area contributed by atoms with Gasteiger partial charge in [-0.05, 0) is 43.7 Å². The predicted molar refractivity (Wildman–Crippen MR) is 66.5 cm³/mol. The van der Waals surface area contributed by atoms with Crippen molar-refractivity contribution in [2.24, 2.45) is 0 Å². The zero-order chi connectivity index (χ0) is 12.2. The maximum atomic E-state index is 11.9. The van der Waals surface area contributed by atoms with Crippen LogP contribution in [0.25, 0.3) is 0 Å². The van der Waals surface area contributed by atoms with Gasteiger partial charge in [0.2, 0.25) is 0 Å². The second-order valence-corrected chi connectivity index (χ2v) is 6.03. The lowest BCUT2D eigenvalue weighted by Gasteiger charge is -2.07. The number of nitrogens with one attached hydrogen (secondary N) is 1. The summed E-state index contributed by atoms with van der Waals surface area (Å²) >= 11 is 0. The highest BCUT2D eigenvalue weighted by atomic mass is 32.2. The van der Waals surface area contributed by atoms with E-state index in [2.05, 4.69) is 5.32 Å². The standard InChI is InChI=1S/C12H19NO2S/c1-4-13-7-8-16(14,15)12-6-5-10(2)11(3)9-12/h5-6,9,13H,4,7-8H2,1-3H3. The van der Waals surface area contributed by atoms with E-state index < -0.39 is 9.84 Å². The minimum atomic E-state index is -3.13. The second kappa shape index (κ2) is 5.46. The van der Waals surface area contributed by atoms with Crippen LogP contribution in [0.2, 0.25) is 0 Å². The van der Waals surface area contributed by atoms with Crippen molar-refractivity contribution in [3.63, 3.8) is 0 Å². The maximum absolute atomic E-state index is 11.9.